The molecule has 0 aliphatic carbocycles. The first-order valence-electron chi connectivity index (χ1n) is 6.69. The Balaban J connectivity index is 2.10. The average Bonchev–Trinajstić information content (AvgIpc) is 3.07. The van der Waals surface area contributed by atoms with Crippen LogP contribution in [0.4, 0.5) is 0 Å². The van der Waals surface area contributed by atoms with Gasteiger partial charge in [0.25, 0.3) is 0 Å². The maximum atomic E-state index is 11.4. The van der Waals surface area contributed by atoms with Gasteiger partial charge in [0.1, 0.15) is 6.61 Å². The largest absolute Gasteiger partial charge is 0.478 e. The maximum Gasteiger partial charge on any atom is 0.336 e. The smallest absolute Gasteiger partial charge is 0.336 e. The molecule has 2 aromatic carbocycles. The van der Waals surface area contributed by atoms with Crippen LogP contribution >= 0.6 is 0 Å². The van der Waals surface area contributed by atoms with Gasteiger partial charge in [0, 0.05) is 11.1 Å². The molecule has 0 spiro atoms. The molecule has 4 heteroatoms. The minimum absolute atomic E-state index is 0.136. The molecular weight excluding hydrogens is 280 g/mol. The lowest BCUT2D eigenvalue weighted by Crippen LogP contribution is -2.04. The van der Waals surface area contributed by atoms with Crippen LogP contribution < -0.4 is 0 Å². The van der Waals surface area contributed by atoms with E-state index in [9.17, 15) is 9.90 Å². The summed E-state index contributed by atoms with van der Waals surface area (Å²) >= 11 is 0. The summed E-state index contributed by atoms with van der Waals surface area (Å²) in [5, 5.41) is 9.36. The monoisotopic (exact) mass is 292 g/mol. The molecule has 108 valence electrons. The predicted molar refractivity (Wildman–Crippen MR) is 80.8 cm³/mol. The second kappa shape index (κ2) is 6.17. The van der Waals surface area contributed by atoms with Crippen molar-refractivity contribution in [1.29, 1.82) is 0 Å². The lowest BCUT2D eigenvalue weighted by Gasteiger charge is -2.08. The summed E-state index contributed by atoms with van der Waals surface area (Å²) in [6, 6.07) is 14.4. The maximum absolute atomic E-state index is 11.4. The van der Waals surface area contributed by atoms with Crippen molar-refractivity contribution >= 4 is 11.7 Å². The van der Waals surface area contributed by atoms with Crippen molar-refractivity contribution in [1.82, 2.24) is 0 Å². The summed E-state index contributed by atoms with van der Waals surface area (Å²) in [4.78, 5) is 21.3. The number of rotatable bonds is 2. The molecule has 1 heterocycles. The molecule has 0 atom stereocenters. The second-order valence-electron chi connectivity index (χ2n) is 4.59. The molecule has 22 heavy (non-hydrogen) atoms. The zero-order valence-electron chi connectivity index (χ0n) is 11.6. The van der Waals surface area contributed by atoms with E-state index in [0.717, 1.165) is 5.56 Å². The van der Waals surface area contributed by atoms with Gasteiger partial charge in [-0.15, -0.1) is 0 Å². The Labute approximate surface area is 127 Å². The Kier molecular flexibility index (Phi) is 3.90. The number of hydrogen-bond acceptors (Lipinski definition) is 3. The van der Waals surface area contributed by atoms with E-state index >= 15 is 0 Å². The summed E-state index contributed by atoms with van der Waals surface area (Å²) in [5.74, 6) is 5.39. The van der Waals surface area contributed by atoms with Crippen molar-refractivity contribution in [3.8, 4) is 11.8 Å². The van der Waals surface area contributed by atoms with Crippen molar-refractivity contribution in [3.05, 3.63) is 76.9 Å². The third kappa shape index (κ3) is 2.85. The lowest BCUT2D eigenvalue weighted by atomic mass is 9.99. The van der Waals surface area contributed by atoms with Crippen LogP contribution in [0.15, 0.2) is 54.6 Å². The molecule has 3 rings (SSSR count). The highest BCUT2D eigenvalue weighted by molar-refractivity contribution is 5.94. The van der Waals surface area contributed by atoms with Crippen LogP contribution in [0, 0.1) is 11.8 Å². The molecule has 1 aliphatic rings. The number of carboxylic acids is 1. The predicted octanol–water partition coefficient (Wildman–Crippen LogP) is 3.09. The van der Waals surface area contributed by atoms with Crippen molar-refractivity contribution in [2.24, 2.45) is 0 Å². The Morgan fingerprint density at radius 1 is 1.05 bits per heavy atom. The summed E-state index contributed by atoms with van der Waals surface area (Å²) in [6.07, 6.45) is 1.69. The molecule has 1 aliphatic heterocycles. The van der Waals surface area contributed by atoms with Gasteiger partial charge in [0.05, 0.1) is 11.1 Å². The van der Waals surface area contributed by atoms with Crippen LogP contribution in [0.1, 0.15) is 27.0 Å². The number of carboxylic acid groups (broad SMARTS) is 1. The van der Waals surface area contributed by atoms with E-state index in [1.165, 1.54) is 6.07 Å². The third-order valence-electron chi connectivity index (χ3n) is 3.14. The second-order valence-corrected chi connectivity index (χ2v) is 4.59. The highest BCUT2D eigenvalue weighted by Crippen LogP contribution is 2.27. The normalized spacial score (nSPS) is 12.8. The average molecular weight is 292 g/mol. The van der Waals surface area contributed by atoms with Crippen molar-refractivity contribution in [2.45, 2.75) is 0 Å². The fraction of sp³-hybridized carbons (Fsp3) is 0.0556. The Morgan fingerprint density at radius 3 is 2.55 bits per heavy atom. The first kappa shape index (κ1) is 13.9. The number of carbonyl (C=O) groups is 1. The van der Waals surface area contributed by atoms with Crippen LogP contribution in [0.3, 0.4) is 0 Å². The van der Waals surface area contributed by atoms with Crippen molar-refractivity contribution < 1.29 is 19.7 Å². The Hall–Kier alpha value is -3.03. The van der Waals surface area contributed by atoms with Gasteiger partial charge in [-0.05, 0) is 30.3 Å². The van der Waals surface area contributed by atoms with Gasteiger partial charge in [-0.2, -0.15) is 4.89 Å². The fourth-order valence-corrected chi connectivity index (χ4v) is 2.15. The first-order chi connectivity index (χ1) is 10.8. The van der Waals surface area contributed by atoms with Crippen molar-refractivity contribution in [3.63, 3.8) is 0 Å². The van der Waals surface area contributed by atoms with Gasteiger partial charge in [0.15, 0.2) is 5.76 Å². The molecular formula is C18H12O4. The molecule has 0 fully saturated rings. The molecule has 0 bridgehead atoms. The van der Waals surface area contributed by atoms with E-state index < -0.39 is 5.97 Å². The topological polar surface area (TPSA) is 55.8 Å². The van der Waals surface area contributed by atoms with E-state index in [1.54, 1.807) is 18.2 Å². The van der Waals surface area contributed by atoms with Crippen LogP contribution in [0.2, 0.25) is 0 Å². The third-order valence-corrected chi connectivity index (χ3v) is 3.14. The Bertz CT molecular complexity index is 795. The van der Waals surface area contributed by atoms with Gasteiger partial charge < -0.3 is 9.99 Å². The molecule has 0 radical (unpaired) electrons. The molecule has 1 N–H and O–H groups in total. The van der Waals surface area contributed by atoms with Crippen LogP contribution in [0.5, 0.6) is 0 Å². The Morgan fingerprint density at radius 2 is 1.86 bits per heavy atom. The van der Waals surface area contributed by atoms with Crippen LogP contribution in [0.25, 0.3) is 5.76 Å². The zero-order valence-corrected chi connectivity index (χ0v) is 11.6. The standard InChI is InChI=1S/C18H12O4/c19-18(20)15-8-4-7-14(17(15)16-11-12-21-22-16)10-9-13-5-2-1-3-6-13/h1-8,11H,12H2,(H,19,20). The minimum atomic E-state index is -1.03. The summed E-state index contributed by atoms with van der Waals surface area (Å²) < 4.78 is 0. The lowest BCUT2D eigenvalue weighted by molar-refractivity contribution is -0.208. The number of aromatic carboxylic acids is 1. The zero-order chi connectivity index (χ0) is 15.4. The molecule has 4 nitrogen and oxygen atoms in total. The van der Waals surface area contributed by atoms with E-state index in [0.29, 0.717) is 16.9 Å². The molecule has 0 aromatic heterocycles. The summed E-state index contributed by atoms with van der Waals surface area (Å²) in [5.41, 5.74) is 2.01. The highest BCUT2D eigenvalue weighted by Gasteiger charge is 2.21. The molecule has 0 amide bonds. The van der Waals surface area contributed by atoms with Gasteiger partial charge >= 0.3 is 5.97 Å². The minimum Gasteiger partial charge on any atom is -0.478 e. The molecule has 0 unspecified atom stereocenters. The number of benzene rings is 2. The van der Waals surface area contributed by atoms with E-state index in [1.807, 2.05) is 30.3 Å². The summed E-state index contributed by atoms with van der Waals surface area (Å²) in [6.45, 7) is 0.287. The van der Waals surface area contributed by atoms with Crippen LogP contribution in [-0.4, -0.2) is 17.7 Å². The van der Waals surface area contributed by atoms with Crippen LogP contribution in [-0.2, 0) is 9.78 Å². The van der Waals surface area contributed by atoms with Gasteiger partial charge in [-0.3, -0.25) is 0 Å². The molecule has 0 saturated heterocycles. The van der Waals surface area contributed by atoms with Gasteiger partial charge in [0.2, 0.25) is 0 Å². The highest BCUT2D eigenvalue weighted by atomic mass is 17.2. The molecule has 2 aromatic rings. The summed E-state index contributed by atoms with van der Waals surface area (Å²) in [7, 11) is 0. The quantitative estimate of drug-likeness (QED) is 0.682. The molecule has 0 saturated carbocycles. The van der Waals surface area contributed by atoms with Crippen molar-refractivity contribution in [2.75, 3.05) is 6.61 Å². The number of hydrogen-bond donors (Lipinski definition) is 1. The fourth-order valence-electron chi connectivity index (χ4n) is 2.15. The van der Waals surface area contributed by atoms with E-state index in [2.05, 4.69) is 11.8 Å². The van der Waals surface area contributed by atoms with Gasteiger partial charge in [-0.25, -0.2) is 4.79 Å². The first-order valence-corrected chi connectivity index (χ1v) is 6.69. The van der Waals surface area contributed by atoms with E-state index in [-0.39, 0.29) is 12.2 Å². The van der Waals surface area contributed by atoms with Gasteiger partial charge in [-0.1, -0.05) is 36.1 Å². The SMILES string of the molecule is O=C(O)c1cccc(C#Cc2ccccc2)c1C1=CCOO1. The van der Waals surface area contributed by atoms with E-state index in [4.69, 9.17) is 9.78 Å².